The lowest BCUT2D eigenvalue weighted by Crippen LogP contribution is -2.36. The molecule has 11 nitrogen and oxygen atoms in total. The lowest BCUT2D eigenvalue weighted by molar-refractivity contribution is 0.0816. The van der Waals surface area contributed by atoms with E-state index in [0.717, 1.165) is 11.1 Å². The van der Waals surface area contributed by atoms with Crippen LogP contribution in [0.15, 0.2) is 29.1 Å². The molecule has 0 fully saturated rings. The van der Waals surface area contributed by atoms with Crippen molar-refractivity contribution in [2.45, 2.75) is 19.6 Å². The summed E-state index contributed by atoms with van der Waals surface area (Å²) in [5.74, 6) is 0.0417. The van der Waals surface area contributed by atoms with Gasteiger partial charge in [-0.05, 0) is 40.5 Å². The van der Waals surface area contributed by atoms with Crippen molar-refractivity contribution in [1.29, 1.82) is 0 Å². The third kappa shape index (κ3) is 4.16. The van der Waals surface area contributed by atoms with Gasteiger partial charge in [-0.25, -0.2) is 14.6 Å². The second-order valence-electron chi connectivity index (χ2n) is 7.07. The molecule has 1 amide bonds. The van der Waals surface area contributed by atoms with Gasteiger partial charge in [0.15, 0.2) is 0 Å². The highest BCUT2D eigenvalue weighted by Crippen LogP contribution is 2.22. The summed E-state index contributed by atoms with van der Waals surface area (Å²) >= 11 is 3.31. The van der Waals surface area contributed by atoms with E-state index in [0.29, 0.717) is 46.2 Å². The molecular weight excluding hydrogens is 468 g/mol. The number of halogens is 1. The Labute approximate surface area is 185 Å². The molecule has 1 aromatic carbocycles. The molecule has 0 bridgehead atoms. The van der Waals surface area contributed by atoms with Crippen LogP contribution in [0.1, 0.15) is 23.0 Å². The van der Waals surface area contributed by atoms with Crippen LogP contribution in [0.4, 0.5) is 5.69 Å². The van der Waals surface area contributed by atoms with E-state index >= 15 is 0 Å². The van der Waals surface area contributed by atoms with E-state index in [4.69, 9.17) is 15.2 Å². The van der Waals surface area contributed by atoms with Gasteiger partial charge in [0.05, 0.1) is 37.7 Å². The van der Waals surface area contributed by atoms with Crippen LogP contribution in [0, 0.1) is 0 Å². The van der Waals surface area contributed by atoms with Crippen LogP contribution in [-0.4, -0.2) is 55.0 Å². The number of amides is 1. The Bertz CT molecular complexity index is 1270. The average molecular weight is 489 g/mol. The quantitative estimate of drug-likeness (QED) is 0.375. The summed E-state index contributed by atoms with van der Waals surface area (Å²) in [5.41, 5.74) is 9.82. The van der Waals surface area contributed by atoms with E-state index < -0.39 is 0 Å². The number of anilines is 1. The minimum absolute atomic E-state index is 0.232. The highest BCUT2D eigenvalue weighted by molar-refractivity contribution is 9.10. The van der Waals surface area contributed by atoms with Crippen molar-refractivity contribution < 1.29 is 14.3 Å². The number of nitrogens with one attached hydrogen (secondary N) is 1. The summed E-state index contributed by atoms with van der Waals surface area (Å²) in [6.45, 7) is 2.53. The number of carbonyl (C=O) groups excluding carboxylic acids is 1. The predicted molar refractivity (Wildman–Crippen MR) is 117 cm³/mol. The molecule has 3 N–H and O–H groups in total. The van der Waals surface area contributed by atoms with Crippen LogP contribution in [0.2, 0.25) is 0 Å². The second-order valence-corrected chi connectivity index (χ2v) is 7.88. The SMILES string of the molecule is COc1nc(Br)cn2c(C(=O)N[C@H](C)COCc3cc(N)c4nnn(C)c4c3)cnc12. The monoisotopic (exact) mass is 488 g/mol. The largest absolute Gasteiger partial charge is 0.478 e. The highest BCUT2D eigenvalue weighted by atomic mass is 79.9. The van der Waals surface area contributed by atoms with Crippen LogP contribution in [0.25, 0.3) is 16.7 Å². The van der Waals surface area contributed by atoms with E-state index in [1.54, 1.807) is 22.3 Å². The molecule has 0 saturated carbocycles. The molecule has 1 atom stereocenters. The van der Waals surface area contributed by atoms with Gasteiger partial charge in [0.2, 0.25) is 5.65 Å². The second kappa shape index (κ2) is 8.47. The third-order valence-electron chi connectivity index (χ3n) is 4.68. The Balaban J connectivity index is 1.39. The van der Waals surface area contributed by atoms with Gasteiger partial charge in [0.25, 0.3) is 11.8 Å². The minimum Gasteiger partial charge on any atom is -0.478 e. The van der Waals surface area contributed by atoms with Crippen molar-refractivity contribution in [3.63, 3.8) is 0 Å². The van der Waals surface area contributed by atoms with Crippen molar-refractivity contribution >= 4 is 44.2 Å². The molecule has 4 rings (SSSR count). The normalized spacial score (nSPS) is 12.4. The first-order chi connectivity index (χ1) is 14.9. The Morgan fingerprint density at radius 3 is 2.97 bits per heavy atom. The number of hydrogen-bond donors (Lipinski definition) is 2. The Hall–Kier alpha value is -3.25. The Morgan fingerprint density at radius 2 is 2.19 bits per heavy atom. The molecule has 162 valence electrons. The van der Waals surface area contributed by atoms with Crippen LogP contribution in [0.5, 0.6) is 5.88 Å². The summed E-state index contributed by atoms with van der Waals surface area (Å²) in [6, 6.07) is 3.52. The number of nitrogens with zero attached hydrogens (tertiary/aromatic N) is 6. The third-order valence-corrected chi connectivity index (χ3v) is 5.06. The number of aromatic nitrogens is 6. The predicted octanol–water partition coefficient (Wildman–Crippen LogP) is 1.70. The van der Waals surface area contributed by atoms with Crippen molar-refractivity contribution in [1.82, 2.24) is 34.7 Å². The highest BCUT2D eigenvalue weighted by Gasteiger charge is 2.18. The Kier molecular flexibility index (Phi) is 5.74. The summed E-state index contributed by atoms with van der Waals surface area (Å²) in [6.07, 6.45) is 3.14. The summed E-state index contributed by atoms with van der Waals surface area (Å²) < 4.78 is 14.8. The number of nitrogens with two attached hydrogens (primary N) is 1. The molecule has 0 aliphatic rings. The first-order valence-electron chi connectivity index (χ1n) is 9.41. The number of carbonyl (C=O) groups is 1. The molecule has 0 spiro atoms. The van der Waals surface area contributed by atoms with Crippen LogP contribution < -0.4 is 15.8 Å². The van der Waals surface area contributed by atoms with Gasteiger partial charge < -0.3 is 20.5 Å². The number of rotatable bonds is 7. The summed E-state index contributed by atoms with van der Waals surface area (Å²) in [5, 5.41) is 10.9. The molecule has 0 aliphatic carbocycles. The Morgan fingerprint density at radius 1 is 1.39 bits per heavy atom. The fraction of sp³-hybridized carbons (Fsp3) is 0.316. The standard InChI is InChI=1S/C19H21BrN8O3/c1-10(8-31-9-11-4-12(21)16-13(5-11)27(2)26-25-16)23-18(29)14-6-22-17-19(30-3)24-15(20)7-28(14)17/h4-7,10H,8-9,21H2,1-3H3,(H,23,29)/t10-/m1/s1. The molecule has 0 radical (unpaired) electrons. The zero-order chi connectivity index (χ0) is 22.1. The maximum atomic E-state index is 12.7. The van der Waals surface area contributed by atoms with Gasteiger partial charge in [-0.1, -0.05) is 5.21 Å². The van der Waals surface area contributed by atoms with Crippen molar-refractivity contribution in [2.24, 2.45) is 7.05 Å². The van der Waals surface area contributed by atoms with Crippen LogP contribution >= 0.6 is 15.9 Å². The molecule has 3 heterocycles. The first-order valence-corrected chi connectivity index (χ1v) is 10.2. The molecule has 0 aliphatic heterocycles. The van der Waals surface area contributed by atoms with Gasteiger partial charge in [-0.3, -0.25) is 9.20 Å². The lowest BCUT2D eigenvalue weighted by atomic mass is 10.2. The number of fused-ring (bicyclic) bond motifs is 2. The van der Waals surface area contributed by atoms with Gasteiger partial charge in [-0.2, -0.15) is 0 Å². The van der Waals surface area contributed by atoms with Crippen LogP contribution in [-0.2, 0) is 18.4 Å². The van der Waals surface area contributed by atoms with Gasteiger partial charge in [0, 0.05) is 19.3 Å². The molecule has 3 aromatic heterocycles. The number of ether oxygens (including phenoxy) is 2. The average Bonchev–Trinajstić information content (AvgIpc) is 3.31. The van der Waals surface area contributed by atoms with E-state index in [9.17, 15) is 4.79 Å². The minimum atomic E-state index is -0.282. The fourth-order valence-electron chi connectivity index (χ4n) is 3.23. The topological polar surface area (TPSA) is 134 Å². The van der Waals surface area contributed by atoms with E-state index in [1.807, 2.05) is 19.1 Å². The van der Waals surface area contributed by atoms with E-state index in [-0.39, 0.29) is 11.9 Å². The fourth-order valence-corrected chi connectivity index (χ4v) is 3.60. The van der Waals surface area contributed by atoms with E-state index in [2.05, 4.69) is 41.5 Å². The summed E-state index contributed by atoms with van der Waals surface area (Å²) in [7, 11) is 3.31. The molecule has 12 heteroatoms. The molecule has 4 aromatic rings. The summed E-state index contributed by atoms with van der Waals surface area (Å²) in [4.78, 5) is 21.2. The lowest BCUT2D eigenvalue weighted by Gasteiger charge is -2.14. The maximum absolute atomic E-state index is 12.7. The zero-order valence-electron chi connectivity index (χ0n) is 17.2. The number of hydrogen-bond acceptors (Lipinski definition) is 8. The van der Waals surface area contributed by atoms with Gasteiger partial charge >= 0.3 is 0 Å². The maximum Gasteiger partial charge on any atom is 0.270 e. The van der Waals surface area contributed by atoms with Crippen LogP contribution in [0.3, 0.4) is 0 Å². The number of methoxy groups -OCH3 is 1. The molecule has 31 heavy (non-hydrogen) atoms. The smallest absolute Gasteiger partial charge is 0.270 e. The van der Waals surface area contributed by atoms with Gasteiger partial charge in [0.1, 0.15) is 15.8 Å². The molecular formula is C19H21BrN8O3. The number of imidazole rings is 1. The zero-order valence-corrected chi connectivity index (χ0v) is 18.8. The first kappa shape index (κ1) is 21.0. The molecule has 0 saturated heterocycles. The van der Waals surface area contributed by atoms with E-state index in [1.165, 1.54) is 13.3 Å². The molecule has 0 unspecified atom stereocenters. The number of benzene rings is 1. The van der Waals surface area contributed by atoms with Crippen molar-refractivity contribution in [2.75, 3.05) is 19.5 Å². The van der Waals surface area contributed by atoms with Crippen molar-refractivity contribution in [3.8, 4) is 5.88 Å². The van der Waals surface area contributed by atoms with Gasteiger partial charge in [-0.15, -0.1) is 5.10 Å². The number of aryl methyl sites for hydroxylation is 1. The number of nitrogen functional groups attached to an aromatic ring is 1. The van der Waals surface area contributed by atoms with Crippen molar-refractivity contribution in [3.05, 3.63) is 40.4 Å².